The maximum absolute atomic E-state index is 12.7. The zero-order valence-electron chi connectivity index (χ0n) is 17.7. The number of ether oxygens (including phenoxy) is 1. The van der Waals surface area contributed by atoms with Crippen LogP contribution in [0.2, 0.25) is 0 Å². The van der Waals surface area contributed by atoms with Gasteiger partial charge in [-0.25, -0.2) is 4.79 Å². The molecule has 154 valence electrons. The van der Waals surface area contributed by atoms with Crippen molar-refractivity contribution in [2.75, 3.05) is 0 Å². The van der Waals surface area contributed by atoms with Gasteiger partial charge in [0.15, 0.2) is 0 Å². The number of allylic oxidation sites excluding steroid dienone is 1. The van der Waals surface area contributed by atoms with Crippen molar-refractivity contribution in [3.05, 3.63) is 12.7 Å². The Balaban J connectivity index is 1.69. The molecule has 0 N–H and O–H groups in total. The fourth-order valence-corrected chi connectivity index (χ4v) is 4.55. The van der Waals surface area contributed by atoms with Gasteiger partial charge in [0.25, 0.3) is 0 Å². The van der Waals surface area contributed by atoms with Crippen LogP contribution in [0.15, 0.2) is 12.7 Å². The molecular weight excluding hydrogens is 338 g/mol. The molecule has 2 aliphatic rings. The molecule has 2 saturated heterocycles. The highest BCUT2D eigenvalue weighted by atomic mass is 16.6. The Morgan fingerprint density at radius 2 is 1.56 bits per heavy atom. The zero-order valence-corrected chi connectivity index (χ0v) is 17.7. The summed E-state index contributed by atoms with van der Waals surface area (Å²) in [6, 6.07) is 0.384. The summed E-state index contributed by atoms with van der Waals surface area (Å²) in [5.74, 6) is 0.566. The van der Waals surface area contributed by atoms with E-state index in [-0.39, 0.29) is 24.1 Å². The topological polar surface area (TPSA) is 46.6 Å². The molecule has 2 fully saturated rings. The SMILES string of the molecule is C=CCCCCCCCCC(=O)C1CC2CCC(C1)N2C(=O)OC(C)(C)C. The van der Waals surface area contributed by atoms with Gasteiger partial charge in [-0.2, -0.15) is 0 Å². The molecule has 0 aromatic heterocycles. The molecule has 0 radical (unpaired) electrons. The second-order valence-electron chi connectivity index (χ2n) is 9.36. The lowest BCUT2D eigenvalue weighted by Gasteiger charge is -2.39. The van der Waals surface area contributed by atoms with Gasteiger partial charge in [0.1, 0.15) is 11.4 Å². The van der Waals surface area contributed by atoms with E-state index >= 15 is 0 Å². The van der Waals surface area contributed by atoms with Crippen molar-refractivity contribution < 1.29 is 14.3 Å². The van der Waals surface area contributed by atoms with Crippen molar-refractivity contribution in [1.29, 1.82) is 0 Å². The summed E-state index contributed by atoms with van der Waals surface area (Å²) in [6.45, 7) is 9.47. The van der Waals surface area contributed by atoms with E-state index in [0.29, 0.717) is 12.2 Å². The van der Waals surface area contributed by atoms with Crippen molar-refractivity contribution in [2.45, 2.75) is 116 Å². The quantitative estimate of drug-likeness (QED) is 0.344. The normalized spacial score (nSPS) is 24.7. The third-order valence-corrected chi connectivity index (χ3v) is 5.87. The molecule has 2 bridgehead atoms. The summed E-state index contributed by atoms with van der Waals surface area (Å²) in [7, 11) is 0. The van der Waals surface area contributed by atoms with Crippen LogP contribution in [0.25, 0.3) is 0 Å². The number of fused-ring (bicyclic) bond motifs is 2. The highest BCUT2D eigenvalue weighted by Gasteiger charge is 2.46. The van der Waals surface area contributed by atoms with Crippen molar-refractivity contribution >= 4 is 11.9 Å². The number of carbonyl (C=O) groups is 2. The van der Waals surface area contributed by atoms with Crippen LogP contribution in [-0.2, 0) is 9.53 Å². The molecular formula is C23H39NO3. The number of ketones is 1. The minimum atomic E-state index is -0.463. The van der Waals surface area contributed by atoms with Crippen molar-refractivity contribution in [2.24, 2.45) is 5.92 Å². The van der Waals surface area contributed by atoms with Crippen LogP contribution in [0, 0.1) is 5.92 Å². The second kappa shape index (κ2) is 10.3. The van der Waals surface area contributed by atoms with E-state index in [1.165, 1.54) is 25.7 Å². The first-order chi connectivity index (χ1) is 12.8. The summed E-state index contributed by atoms with van der Waals surface area (Å²) >= 11 is 0. The van der Waals surface area contributed by atoms with Crippen LogP contribution < -0.4 is 0 Å². The van der Waals surface area contributed by atoms with E-state index < -0.39 is 5.60 Å². The molecule has 27 heavy (non-hydrogen) atoms. The van der Waals surface area contributed by atoms with Gasteiger partial charge >= 0.3 is 6.09 Å². The number of hydrogen-bond acceptors (Lipinski definition) is 3. The largest absolute Gasteiger partial charge is 0.444 e. The van der Waals surface area contributed by atoms with Crippen LogP contribution in [-0.4, -0.2) is 34.5 Å². The lowest BCUT2D eigenvalue weighted by Crippen LogP contribution is -2.49. The lowest BCUT2D eigenvalue weighted by atomic mass is 9.85. The third kappa shape index (κ3) is 6.97. The number of nitrogens with zero attached hydrogens (tertiary/aromatic N) is 1. The number of unbranched alkanes of at least 4 members (excludes halogenated alkanes) is 6. The molecule has 4 heteroatoms. The van der Waals surface area contributed by atoms with E-state index in [9.17, 15) is 9.59 Å². The Kier molecular flexibility index (Phi) is 8.37. The fourth-order valence-electron chi connectivity index (χ4n) is 4.55. The number of Topliss-reactive ketones (excluding diaryl/α,β-unsaturated/α-hetero) is 1. The third-order valence-electron chi connectivity index (χ3n) is 5.87. The van der Waals surface area contributed by atoms with Crippen molar-refractivity contribution in [3.8, 4) is 0 Å². The molecule has 0 aromatic rings. The molecule has 0 aromatic carbocycles. The first kappa shape index (κ1) is 22.0. The Hall–Kier alpha value is -1.32. The molecule has 2 unspecified atom stereocenters. The molecule has 4 nitrogen and oxygen atoms in total. The van der Waals surface area contributed by atoms with E-state index in [1.54, 1.807) is 0 Å². The summed E-state index contributed by atoms with van der Waals surface area (Å²) < 4.78 is 5.58. The smallest absolute Gasteiger partial charge is 0.410 e. The van der Waals surface area contributed by atoms with Crippen LogP contribution in [0.5, 0.6) is 0 Å². The highest BCUT2D eigenvalue weighted by Crippen LogP contribution is 2.40. The van der Waals surface area contributed by atoms with Gasteiger partial charge < -0.3 is 9.64 Å². The summed E-state index contributed by atoms with van der Waals surface area (Å²) in [5.41, 5.74) is -0.463. The maximum atomic E-state index is 12.7. The standard InChI is InChI=1S/C23H39NO3/c1-5-6-7-8-9-10-11-12-13-21(25)18-16-19-14-15-20(17-18)24(19)22(26)27-23(2,3)4/h5,18-20H,1,6-17H2,2-4H3. The predicted molar refractivity (Wildman–Crippen MR) is 110 cm³/mol. The van der Waals surface area contributed by atoms with Gasteiger partial charge in [-0.1, -0.05) is 31.8 Å². The summed E-state index contributed by atoms with van der Waals surface area (Å²) in [4.78, 5) is 27.1. The number of rotatable bonds is 10. The molecule has 0 aliphatic carbocycles. The lowest BCUT2D eigenvalue weighted by molar-refractivity contribution is -0.125. The number of piperidine rings is 1. The van der Waals surface area contributed by atoms with Gasteiger partial charge in [-0.3, -0.25) is 4.79 Å². The molecule has 2 rings (SSSR count). The predicted octanol–water partition coefficient (Wildman–Crippen LogP) is 6.04. The maximum Gasteiger partial charge on any atom is 0.410 e. The van der Waals surface area contributed by atoms with Gasteiger partial charge in [-0.05, 0) is 65.7 Å². The first-order valence-electron chi connectivity index (χ1n) is 11.0. The Morgan fingerprint density at radius 1 is 1.00 bits per heavy atom. The van der Waals surface area contributed by atoms with Gasteiger partial charge in [0.2, 0.25) is 0 Å². The Labute approximate surface area is 165 Å². The van der Waals surface area contributed by atoms with Crippen LogP contribution in [0.1, 0.15) is 97.8 Å². The van der Waals surface area contributed by atoms with E-state index in [0.717, 1.165) is 44.9 Å². The second-order valence-corrected chi connectivity index (χ2v) is 9.36. The van der Waals surface area contributed by atoms with Crippen LogP contribution >= 0.6 is 0 Å². The van der Waals surface area contributed by atoms with Gasteiger partial charge in [-0.15, -0.1) is 6.58 Å². The molecule has 2 aliphatic heterocycles. The molecule has 2 heterocycles. The number of amides is 1. The van der Waals surface area contributed by atoms with E-state index in [1.807, 2.05) is 31.7 Å². The average Bonchev–Trinajstić information content (AvgIpc) is 2.86. The minimum Gasteiger partial charge on any atom is -0.444 e. The molecule has 2 atom stereocenters. The molecule has 1 amide bonds. The fraction of sp³-hybridized carbons (Fsp3) is 0.826. The van der Waals surface area contributed by atoms with E-state index in [2.05, 4.69) is 6.58 Å². The summed E-state index contributed by atoms with van der Waals surface area (Å²) in [5, 5.41) is 0. The summed E-state index contributed by atoms with van der Waals surface area (Å²) in [6.07, 6.45) is 14.5. The zero-order chi connectivity index (χ0) is 19.9. The van der Waals surface area contributed by atoms with Crippen molar-refractivity contribution in [1.82, 2.24) is 4.90 Å². The molecule has 0 saturated carbocycles. The monoisotopic (exact) mass is 377 g/mol. The van der Waals surface area contributed by atoms with Gasteiger partial charge in [0, 0.05) is 24.4 Å². The highest BCUT2D eigenvalue weighted by molar-refractivity contribution is 5.81. The van der Waals surface area contributed by atoms with Crippen LogP contribution in [0.3, 0.4) is 0 Å². The minimum absolute atomic E-state index is 0.147. The van der Waals surface area contributed by atoms with E-state index in [4.69, 9.17) is 4.74 Å². The number of hydrogen-bond donors (Lipinski definition) is 0. The Morgan fingerprint density at radius 3 is 2.11 bits per heavy atom. The Bertz CT molecular complexity index is 494. The molecule has 0 spiro atoms. The number of carbonyl (C=O) groups excluding carboxylic acids is 2. The van der Waals surface area contributed by atoms with Crippen LogP contribution in [0.4, 0.5) is 4.79 Å². The van der Waals surface area contributed by atoms with Crippen molar-refractivity contribution in [3.63, 3.8) is 0 Å². The average molecular weight is 378 g/mol. The van der Waals surface area contributed by atoms with Gasteiger partial charge in [0.05, 0.1) is 0 Å². The first-order valence-corrected chi connectivity index (χ1v) is 11.0.